The van der Waals surface area contributed by atoms with Gasteiger partial charge < -0.3 is 9.52 Å². The molecule has 0 unspecified atom stereocenters. The Morgan fingerprint density at radius 2 is 2.20 bits per heavy atom. The largest absolute Gasteiger partial charge is 0.507 e. The van der Waals surface area contributed by atoms with Crippen LogP contribution in [0.3, 0.4) is 0 Å². The molecule has 0 aliphatic carbocycles. The summed E-state index contributed by atoms with van der Waals surface area (Å²) >= 11 is 6.17. The Kier molecular flexibility index (Phi) is 4.63. The van der Waals surface area contributed by atoms with E-state index in [1.807, 2.05) is 0 Å². The smallest absolute Gasteiger partial charge is 0.286 e. The van der Waals surface area contributed by atoms with Crippen molar-refractivity contribution in [3.8, 4) is 5.75 Å². The molecule has 1 aliphatic heterocycles. The van der Waals surface area contributed by atoms with E-state index < -0.39 is 10.8 Å². The van der Waals surface area contributed by atoms with Crippen molar-refractivity contribution in [3.05, 3.63) is 62.9 Å². The molecule has 1 saturated heterocycles. The monoisotopic (exact) mass is 375 g/mol. The van der Waals surface area contributed by atoms with Crippen molar-refractivity contribution in [2.24, 2.45) is 5.10 Å². The maximum Gasteiger partial charge on any atom is 0.286 e. The summed E-state index contributed by atoms with van der Waals surface area (Å²) < 4.78 is 5.35. The molecule has 1 aliphatic rings. The highest BCUT2D eigenvalue weighted by Gasteiger charge is 2.32. The number of thioether (sulfide) groups is 1. The maximum absolute atomic E-state index is 12.3. The SMILES string of the molecule is O=C1/C(=C/c2ccco2)SC(=S)N1/N=C\c1cc([N+](=O)[O-])ccc1O. The van der Waals surface area contributed by atoms with Crippen LogP contribution >= 0.6 is 24.0 Å². The van der Waals surface area contributed by atoms with Crippen LogP contribution in [0.25, 0.3) is 6.08 Å². The molecule has 8 nitrogen and oxygen atoms in total. The molecule has 1 fully saturated rings. The van der Waals surface area contributed by atoms with E-state index in [0.717, 1.165) is 29.1 Å². The molecular weight excluding hydrogens is 366 g/mol. The number of nitro benzene ring substituents is 1. The van der Waals surface area contributed by atoms with Gasteiger partial charge in [0.2, 0.25) is 0 Å². The van der Waals surface area contributed by atoms with Crippen LogP contribution in [-0.2, 0) is 4.79 Å². The molecule has 126 valence electrons. The lowest BCUT2D eigenvalue weighted by Crippen LogP contribution is -2.22. The van der Waals surface area contributed by atoms with Gasteiger partial charge in [-0.2, -0.15) is 10.1 Å². The molecule has 0 spiro atoms. The van der Waals surface area contributed by atoms with Gasteiger partial charge in [0.05, 0.1) is 22.3 Å². The number of phenolic OH excluding ortho intramolecular Hbond substituents is 1. The number of carbonyl (C=O) groups excluding carboxylic acids is 1. The van der Waals surface area contributed by atoms with Gasteiger partial charge in [-0.15, -0.1) is 0 Å². The van der Waals surface area contributed by atoms with Crippen LogP contribution in [0.1, 0.15) is 11.3 Å². The lowest BCUT2D eigenvalue weighted by atomic mass is 10.2. The molecule has 1 aromatic heterocycles. The summed E-state index contributed by atoms with van der Waals surface area (Å²) in [4.78, 5) is 22.9. The van der Waals surface area contributed by atoms with Crippen LogP contribution in [-0.4, -0.2) is 31.5 Å². The molecule has 0 radical (unpaired) electrons. The van der Waals surface area contributed by atoms with Gasteiger partial charge in [0.1, 0.15) is 11.5 Å². The standard InChI is InChI=1S/C15H9N3O5S2/c19-12-4-3-10(18(21)22)6-9(12)8-16-17-14(20)13(25-15(17)24)7-11-2-1-5-23-11/h1-8,19H/b13-7-,16-8-. The number of furan rings is 1. The molecule has 0 atom stereocenters. The quantitative estimate of drug-likeness (QED) is 0.287. The van der Waals surface area contributed by atoms with Crippen LogP contribution in [0.2, 0.25) is 0 Å². The molecule has 3 rings (SSSR count). The average Bonchev–Trinajstić information content (AvgIpc) is 3.16. The van der Waals surface area contributed by atoms with Crippen molar-refractivity contribution in [3.63, 3.8) is 0 Å². The Bertz CT molecular complexity index is 921. The fourth-order valence-electron chi connectivity index (χ4n) is 1.94. The summed E-state index contributed by atoms with van der Waals surface area (Å²) in [6.45, 7) is 0. The molecule has 0 bridgehead atoms. The number of hydrogen-bond donors (Lipinski definition) is 1. The number of nitrogens with zero attached hydrogens (tertiary/aromatic N) is 3. The zero-order valence-corrected chi connectivity index (χ0v) is 14.0. The average molecular weight is 375 g/mol. The number of thiocarbonyl (C=S) groups is 1. The Labute approximate surface area is 150 Å². The lowest BCUT2D eigenvalue weighted by molar-refractivity contribution is -0.384. The maximum atomic E-state index is 12.3. The Hall–Kier alpha value is -2.98. The number of phenols is 1. The first-order valence-electron chi connectivity index (χ1n) is 6.78. The number of hydrazone groups is 1. The molecule has 2 aromatic rings. The first-order chi connectivity index (χ1) is 12.0. The van der Waals surface area contributed by atoms with E-state index in [1.165, 1.54) is 18.4 Å². The number of hydrogen-bond acceptors (Lipinski definition) is 8. The van der Waals surface area contributed by atoms with E-state index in [0.29, 0.717) is 10.7 Å². The number of rotatable bonds is 4. The third-order valence-corrected chi connectivity index (χ3v) is 4.41. The second-order valence-corrected chi connectivity index (χ2v) is 6.43. The summed E-state index contributed by atoms with van der Waals surface area (Å²) in [6, 6.07) is 6.88. The van der Waals surface area contributed by atoms with Crippen molar-refractivity contribution in [1.29, 1.82) is 0 Å². The summed E-state index contributed by atoms with van der Waals surface area (Å²) in [5.41, 5.74) is -0.111. The minimum atomic E-state index is -0.595. The Morgan fingerprint density at radius 3 is 2.88 bits per heavy atom. The van der Waals surface area contributed by atoms with E-state index in [-0.39, 0.29) is 21.3 Å². The van der Waals surface area contributed by atoms with Crippen LogP contribution in [0.15, 0.2) is 51.0 Å². The number of carbonyl (C=O) groups is 1. The Morgan fingerprint density at radius 1 is 1.40 bits per heavy atom. The third-order valence-electron chi connectivity index (χ3n) is 3.12. The van der Waals surface area contributed by atoms with Crippen molar-refractivity contribution in [2.45, 2.75) is 0 Å². The molecular formula is C15H9N3O5S2. The van der Waals surface area contributed by atoms with Gasteiger partial charge in [-0.1, -0.05) is 11.8 Å². The van der Waals surface area contributed by atoms with Crippen LogP contribution < -0.4 is 0 Å². The number of amides is 1. The molecule has 25 heavy (non-hydrogen) atoms. The van der Waals surface area contributed by atoms with E-state index in [2.05, 4.69) is 5.10 Å². The molecule has 10 heteroatoms. The minimum absolute atomic E-state index is 0.0956. The summed E-state index contributed by atoms with van der Waals surface area (Å²) in [6.07, 6.45) is 4.17. The second-order valence-electron chi connectivity index (χ2n) is 4.75. The molecule has 1 aromatic carbocycles. The molecule has 1 N–H and O–H groups in total. The molecule has 1 amide bonds. The summed E-state index contributed by atoms with van der Waals surface area (Å²) in [7, 11) is 0. The minimum Gasteiger partial charge on any atom is -0.507 e. The number of benzene rings is 1. The first kappa shape index (κ1) is 16.9. The third kappa shape index (κ3) is 3.59. The van der Waals surface area contributed by atoms with E-state index in [1.54, 1.807) is 18.2 Å². The van der Waals surface area contributed by atoms with Gasteiger partial charge >= 0.3 is 0 Å². The molecule has 0 saturated carbocycles. The van der Waals surface area contributed by atoms with Crippen LogP contribution in [0.5, 0.6) is 5.75 Å². The summed E-state index contributed by atoms with van der Waals surface area (Å²) in [5.74, 6) is -0.153. The van der Waals surface area contributed by atoms with Crippen LogP contribution in [0, 0.1) is 10.1 Å². The normalized spacial score (nSPS) is 16.3. The lowest BCUT2D eigenvalue weighted by Gasteiger charge is -2.06. The van der Waals surface area contributed by atoms with E-state index in [9.17, 15) is 20.0 Å². The van der Waals surface area contributed by atoms with Gasteiger partial charge in [0, 0.05) is 23.8 Å². The highest BCUT2D eigenvalue weighted by Crippen LogP contribution is 2.33. The van der Waals surface area contributed by atoms with Gasteiger partial charge in [0.25, 0.3) is 11.6 Å². The van der Waals surface area contributed by atoms with Gasteiger partial charge in [-0.25, -0.2) is 0 Å². The number of aromatic hydroxyl groups is 1. The molecule has 2 heterocycles. The highest BCUT2D eigenvalue weighted by molar-refractivity contribution is 8.26. The summed E-state index contributed by atoms with van der Waals surface area (Å²) in [5, 5.41) is 25.5. The van der Waals surface area contributed by atoms with Gasteiger partial charge in [-0.05, 0) is 30.4 Å². The van der Waals surface area contributed by atoms with Crippen molar-refractivity contribution in [2.75, 3.05) is 0 Å². The van der Waals surface area contributed by atoms with Gasteiger partial charge in [-0.3, -0.25) is 14.9 Å². The highest BCUT2D eigenvalue weighted by atomic mass is 32.2. The van der Waals surface area contributed by atoms with Crippen molar-refractivity contribution in [1.82, 2.24) is 5.01 Å². The van der Waals surface area contributed by atoms with Crippen LogP contribution in [0.4, 0.5) is 5.69 Å². The first-order valence-corrected chi connectivity index (χ1v) is 8.01. The number of nitro groups is 1. The van der Waals surface area contributed by atoms with Crippen molar-refractivity contribution >= 4 is 52.2 Å². The van der Waals surface area contributed by atoms with Crippen molar-refractivity contribution < 1.29 is 19.2 Å². The van der Waals surface area contributed by atoms with E-state index >= 15 is 0 Å². The fraction of sp³-hybridized carbons (Fsp3) is 0. The van der Waals surface area contributed by atoms with E-state index in [4.69, 9.17) is 16.6 Å². The Balaban J connectivity index is 1.84. The predicted molar refractivity (Wildman–Crippen MR) is 96.1 cm³/mol. The zero-order chi connectivity index (χ0) is 18.0. The predicted octanol–water partition coefficient (Wildman–Crippen LogP) is 3.13. The second kappa shape index (κ2) is 6.87. The number of non-ortho nitro benzene ring substituents is 1. The zero-order valence-electron chi connectivity index (χ0n) is 12.4. The fourth-order valence-corrected chi connectivity index (χ4v) is 3.09. The van der Waals surface area contributed by atoms with Gasteiger partial charge in [0.15, 0.2) is 4.32 Å². The topological polar surface area (TPSA) is 109 Å².